The van der Waals surface area contributed by atoms with Crippen molar-refractivity contribution < 1.29 is 14.3 Å². The lowest BCUT2D eigenvalue weighted by atomic mass is 10.1. The second kappa shape index (κ2) is 7.37. The van der Waals surface area contributed by atoms with Gasteiger partial charge in [0.15, 0.2) is 11.5 Å². The molecule has 1 atom stereocenters. The summed E-state index contributed by atoms with van der Waals surface area (Å²) in [5, 5.41) is 3.56. The maximum absolute atomic E-state index is 13.2. The number of amides is 1. The summed E-state index contributed by atoms with van der Waals surface area (Å²) in [6.45, 7) is 0.715. The highest BCUT2D eigenvalue weighted by Gasteiger charge is 2.36. The van der Waals surface area contributed by atoms with Gasteiger partial charge in [0, 0.05) is 28.3 Å². The smallest absolute Gasteiger partial charge is 0.256 e. The molecule has 5 nitrogen and oxygen atoms in total. The van der Waals surface area contributed by atoms with E-state index in [1.807, 2.05) is 59.5 Å². The summed E-state index contributed by atoms with van der Waals surface area (Å²) in [5.74, 6) is 1.49. The Kier molecular flexibility index (Phi) is 4.56. The molecule has 0 bridgehead atoms. The van der Waals surface area contributed by atoms with Gasteiger partial charge in [-0.05, 0) is 48.2 Å². The van der Waals surface area contributed by atoms with Crippen molar-refractivity contribution in [3.05, 3.63) is 83.4 Å². The lowest BCUT2D eigenvalue weighted by Crippen LogP contribution is -2.31. The maximum atomic E-state index is 13.2. The molecule has 2 heterocycles. The molecule has 0 saturated heterocycles. The summed E-state index contributed by atoms with van der Waals surface area (Å²) in [5.41, 5.74) is 3.72. The van der Waals surface area contributed by atoms with Gasteiger partial charge in [0.25, 0.3) is 5.91 Å². The molecule has 1 N–H and O–H groups in total. The number of benzene rings is 3. The van der Waals surface area contributed by atoms with Gasteiger partial charge in [-0.2, -0.15) is 0 Å². The van der Waals surface area contributed by atoms with E-state index in [4.69, 9.17) is 9.47 Å². The predicted molar refractivity (Wildman–Crippen MR) is 113 cm³/mol. The molecule has 6 heteroatoms. The van der Waals surface area contributed by atoms with E-state index in [-0.39, 0.29) is 18.9 Å². The van der Waals surface area contributed by atoms with Crippen LogP contribution in [0, 0.1) is 0 Å². The van der Waals surface area contributed by atoms with Crippen LogP contribution in [0.4, 0.5) is 5.69 Å². The van der Waals surface area contributed by atoms with Crippen molar-refractivity contribution in [1.29, 1.82) is 0 Å². The summed E-state index contributed by atoms with van der Waals surface area (Å²) in [4.78, 5) is 16.2. The zero-order chi connectivity index (χ0) is 19.8. The molecule has 3 aromatic rings. The molecule has 0 fully saturated rings. The topological polar surface area (TPSA) is 50.8 Å². The largest absolute Gasteiger partial charge is 0.454 e. The van der Waals surface area contributed by atoms with Crippen LogP contribution in [0.2, 0.25) is 0 Å². The third kappa shape index (κ3) is 3.29. The summed E-state index contributed by atoms with van der Waals surface area (Å²) in [6.07, 6.45) is 1.82. The minimum atomic E-state index is -0.235. The third-order valence-electron chi connectivity index (χ3n) is 5.22. The number of thioether (sulfide) groups is 1. The van der Waals surface area contributed by atoms with Gasteiger partial charge in [-0.15, -0.1) is 11.8 Å². The Morgan fingerprint density at radius 3 is 2.79 bits per heavy atom. The average molecular weight is 404 g/mol. The molecule has 2 aliphatic rings. The molecule has 146 valence electrons. The molecule has 0 unspecified atom stereocenters. The first-order valence-corrected chi connectivity index (χ1v) is 10.6. The van der Waals surface area contributed by atoms with Crippen molar-refractivity contribution >= 4 is 23.4 Å². The molecular weight excluding hydrogens is 384 g/mol. The third-order valence-corrected chi connectivity index (χ3v) is 5.95. The van der Waals surface area contributed by atoms with Crippen LogP contribution in [-0.2, 0) is 6.54 Å². The van der Waals surface area contributed by atoms with Gasteiger partial charge in [0.05, 0.1) is 0 Å². The zero-order valence-electron chi connectivity index (χ0n) is 15.9. The minimum Gasteiger partial charge on any atom is -0.454 e. The van der Waals surface area contributed by atoms with Crippen molar-refractivity contribution in [3.8, 4) is 11.5 Å². The molecule has 5 rings (SSSR count). The number of carbonyl (C=O) groups excluding carboxylic acids is 1. The fourth-order valence-corrected chi connectivity index (χ4v) is 4.26. The van der Waals surface area contributed by atoms with Crippen LogP contribution < -0.4 is 14.8 Å². The first-order chi connectivity index (χ1) is 14.2. The molecule has 0 aliphatic carbocycles. The Bertz CT molecular complexity index is 1090. The normalized spacial score (nSPS) is 16.8. The van der Waals surface area contributed by atoms with Crippen LogP contribution in [0.5, 0.6) is 11.5 Å². The lowest BCUT2D eigenvalue weighted by molar-refractivity contribution is 0.0728. The molecule has 29 heavy (non-hydrogen) atoms. The fourth-order valence-electron chi connectivity index (χ4n) is 3.80. The number of nitrogens with zero attached hydrogens (tertiary/aromatic N) is 1. The Balaban J connectivity index is 1.48. The van der Waals surface area contributed by atoms with Crippen LogP contribution >= 0.6 is 11.8 Å². The van der Waals surface area contributed by atoms with Gasteiger partial charge in [0.1, 0.15) is 6.17 Å². The number of anilines is 1. The molecule has 0 saturated carbocycles. The fraction of sp³-hybridized carbons (Fsp3) is 0.174. The predicted octanol–water partition coefficient (Wildman–Crippen LogP) is 4.90. The van der Waals surface area contributed by atoms with E-state index in [2.05, 4.69) is 23.7 Å². The number of fused-ring (bicyclic) bond motifs is 2. The number of rotatable bonds is 5. The molecule has 0 spiro atoms. The van der Waals surface area contributed by atoms with E-state index in [1.54, 1.807) is 11.8 Å². The summed E-state index contributed by atoms with van der Waals surface area (Å²) < 4.78 is 10.9. The summed E-state index contributed by atoms with van der Waals surface area (Å²) in [7, 11) is 0. The highest BCUT2D eigenvalue weighted by molar-refractivity contribution is 7.98. The Hall–Kier alpha value is -3.12. The Labute approximate surface area is 173 Å². The van der Waals surface area contributed by atoms with E-state index in [9.17, 15) is 4.79 Å². The number of nitrogens with one attached hydrogen (secondary N) is 1. The van der Waals surface area contributed by atoms with Crippen molar-refractivity contribution in [3.63, 3.8) is 0 Å². The van der Waals surface area contributed by atoms with Gasteiger partial charge in [-0.3, -0.25) is 4.79 Å². The monoisotopic (exact) mass is 404 g/mol. The second-order valence-electron chi connectivity index (χ2n) is 6.99. The highest BCUT2D eigenvalue weighted by Crippen LogP contribution is 2.38. The zero-order valence-corrected chi connectivity index (χ0v) is 16.7. The number of ether oxygens (including phenoxy) is 2. The first-order valence-electron chi connectivity index (χ1n) is 9.42. The van der Waals surface area contributed by atoms with Crippen molar-refractivity contribution in [1.82, 2.24) is 4.90 Å². The van der Waals surface area contributed by atoms with Crippen LogP contribution in [0.15, 0.2) is 71.6 Å². The summed E-state index contributed by atoms with van der Waals surface area (Å²) in [6, 6.07) is 21.9. The summed E-state index contributed by atoms with van der Waals surface area (Å²) >= 11 is 1.70. The van der Waals surface area contributed by atoms with Gasteiger partial charge in [0.2, 0.25) is 6.79 Å². The number of hydrogen-bond donors (Lipinski definition) is 1. The maximum Gasteiger partial charge on any atom is 0.256 e. The molecule has 2 aliphatic heterocycles. The average Bonchev–Trinajstić information content (AvgIpc) is 3.32. The van der Waals surface area contributed by atoms with E-state index >= 15 is 0 Å². The molecule has 3 aromatic carbocycles. The van der Waals surface area contributed by atoms with Gasteiger partial charge in [-0.25, -0.2) is 0 Å². The molecule has 0 aromatic heterocycles. The minimum absolute atomic E-state index is 0.0248. The van der Waals surface area contributed by atoms with Crippen LogP contribution in [0.3, 0.4) is 0 Å². The van der Waals surface area contributed by atoms with E-state index < -0.39 is 0 Å². The molecule has 1 amide bonds. The standard InChI is InChI=1S/C23H20N2O3S/c1-29-17-6-4-5-16(12-17)24-22-18-7-2-3-8-19(18)23(26)25(22)13-15-9-10-20-21(11-15)28-14-27-20/h2-12,22,24H,13-14H2,1H3/t22-/m1/s1. The van der Waals surface area contributed by atoms with Gasteiger partial charge < -0.3 is 19.7 Å². The van der Waals surface area contributed by atoms with Crippen molar-refractivity contribution in [2.24, 2.45) is 0 Å². The quantitative estimate of drug-likeness (QED) is 0.613. The first kappa shape index (κ1) is 17.9. The van der Waals surface area contributed by atoms with Crippen molar-refractivity contribution in [2.45, 2.75) is 17.6 Å². The Morgan fingerprint density at radius 2 is 1.90 bits per heavy atom. The number of carbonyl (C=O) groups is 1. The lowest BCUT2D eigenvalue weighted by Gasteiger charge is -2.27. The van der Waals surface area contributed by atoms with E-state index in [0.29, 0.717) is 6.54 Å². The van der Waals surface area contributed by atoms with Crippen LogP contribution in [-0.4, -0.2) is 23.9 Å². The van der Waals surface area contributed by atoms with Gasteiger partial charge in [-0.1, -0.05) is 30.3 Å². The van der Waals surface area contributed by atoms with Crippen LogP contribution in [0.1, 0.15) is 27.7 Å². The van der Waals surface area contributed by atoms with Crippen molar-refractivity contribution in [2.75, 3.05) is 18.4 Å². The number of hydrogen-bond acceptors (Lipinski definition) is 5. The van der Waals surface area contributed by atoms with E-state index in [1.165, 1.54) is 4.90 Å². The second-order valence-corrected chi connectivity index (χ2v) is 7.87. The van der Waals surface area contributed by atoms with Gasteiger partial charge >= 0.3 is 0 Å². The highest BCUT2D eigenvalue weighted by atomic mass is 32.2. The molecular formula is C23H20N2O3S. The Morgan fingerprint density at radius 1 is 1.03 bits per heavy atom. The SMILES string of the molecule is CSc1cccc(N[C@H]2c3ccccc3C(=O)N2Cc2ccc3c(c2)OCO3)c1. The molecule has 0 radical (unpaired) electrons. The van der Waals surface area contributed by atoms with Crippen LogP contribution in [0.25, 0.3) is 0 Å². The van der Waals surface area contributed by atoms with E-state index in [0.717, 1.165) is 33.9 Å².